The molecule has 0 bridgehead atoms. The van der Waals surface area contributed by atoms with E-state index in [1.807, 2.05) is 28.8 Å². The number of hydrogen-bond donors (Lipinski definition) is 0. The molecule has 0 aliphatic carbocycles. The van der Waals surface area contributed by atoms with Gasteiger partial charge in [-0.3, -0.25) is 0 Å². The highest BCUT2D eigenvalue weighted by Crippen LogP contribution is 2.33. The van der Waals surface area contributed by atoms with Crippen LogP contribution in [-0.4, -0.2) is 29.7 Å². The Morgan fingerprint density at radius 1 is 1.29 bits per heavy atom. The number of para-hydroxylation sites is 1. The first-order chi connectivity index (χ1) is 10.2. The van der Waals surface area contributed by atoms with Gasteiger partial charge in [0.1, 0.15) is 6.73 Å². The van der Waals surface area contributed by atoms with E-state index in [9.17, 15) is 4.79 Å². The first kappa shape index (κ1) is 13.9. The van der Waals surface area contributed by atoms with Crippen molar-refractivity contribution in [1.29, 1.82) is 0 Å². The van der Waals surface area contributed by atoms with Crippen molar-refractivity contribution in [3.8, 4) is 0 Å². The van der Waals surface area contributed by atoms with Crippen molar-refractivity contribution in [2.24, 2.45) is 0 Å². The molecule has 0 aliphatic heterocycles. The average molecular weight is 305 g/mol. The first-order valence-corrected chi connectivity index (χ1v) is 6.70. The summed E-state index contributed by atoms with van der Waals surface area (Å²) in [5.41, 5.74) is 1.91. The SMILES string of the molecule is COCn1c2ccccc2c2cc(C(=O)OC)nc(Cl)c21. The molecule has 6 heteroatoms. The number of pyridine rings is 1. The van der Waals surface area contributed by atoms with Gasteiger partial charge in [-0.1, -0.05) is 29.8 Å². The molecule has 1 aromatic carbocycles. The second kappa shape index (κ2) is 5.35. The smallest absolute Gasteiger partial charge is 0.356 e. The number of fused-ring (bicyclic) bond motifs is 3. The van der Waals surface area contributed by atoms with Crippen LogP contribution in [-0.2, 0) is 16.2 Å². The predicted molar refractivity (Wildman–Crippen MR) is 80.6 cm³/mol. The van der Waals surface area contributed by atoms with Crippen molar-refractivity contribution >= 4 is 39.4 Å². The molecule has 0 radical (unpaired) electrons. The largest absolute Gasteiger partial charge is 0.464 e. The quantitative estimate of drug-likeness (QED) is 0.550. The number of carbonyl (C=O) groups excluding carboxylic acids is 1. The lowest BCUT2D eigenvalue weighted by atomic mass is 10.1. The van der Waals surface area contributed by atoms with E-state index in [0.29, 0.717) is 6.73 Å². The van der Waals surface area contributed by atoms with Gasteiger partial charge < -0.3 is 14.0 Å². The Balaban J connectivity index is 2.42. The van der Waals surface area contributed by atoms with Gasteiger partial charge in [-0.2, -0.15) is 0 Å². The van der Waals surface area contributed by atoms with Crippen LogP contribution in [0.1, 0.15) is 10.5 Å². The van der Waals surface area contributed by atoms with Crippen LogP contribution in [0, 0.1) is 0 Å². The summed E-state index contributed by atoms with van der Waals surface area (Å²) < 4.78 is 11.9. The molecular formula is C15H13ClN2O3. The van der Waals surface area contributed by atoms with E-state index in [2.05, 4.69) is 4.98 Å². The zero-order valence-corrected chi connectivity index (χ0v) is 12.3. The normalized spacial score (nSPS) is 11.2. The number of benzene rings is 1. The summed E-state index contributed by atoms with van der Waals surface area (Å²) in [5.74, 6) is -0.512. The van der Waals surface area contributed by atoms with Crippen molar-refractivity contribution < 1.29 is 14.3 Å². The van der Waals surface area contributed by atoms with Gasteiger partial charge in [0.2, 0.25) is 0 Å². The average Bonchev–Trinajstić information content (AvgIpc) is 2.82. The van der Waals surface area contributed by atoms with Gasteiger partial charge in [-0.15, -0.1) is 0 Å². The molecule has 5 nitrogen and oxygen atoms in total. The second-order valence-electron chi connectivity index (χ2n) is 4.55. The number of ether oxygens (including phenoxy) is 2. The Labute approximate surface area is 126 Å². The number of hydrogen-bond acceptors (Lipinski definition) is 4. The highest BCUT2D eigenvalue weighted by atomic mass is 35.5. The first-order valence-electron chi connectivity index (χ1n) is 6.32. The monoisotopic (exact) mass is 304 g/mol. The molecule has 2 aromatic heterocycles. The van der Waals surface area contributed by atoms with Crippen molar-refractivity contribution in [2.45, 2.75) is 6.73 Å². The van der Waals surface area contributed by atoms with E-state index in [1.165, 1.54) is 7.11 Å². The van der Waals surface area contributed by atoms with Crippen molar-refractivity contribution in [1.82, 2.24) is 9.55 Å². The lowest BCUT2D eigenvalue weighted by molar-refractivity contribution is 0.0594. The van der Waals surface area contributed by atoms with Crippen LogP contribution >= 0.6 is 11.6 Å². The van der Waals surface area contributed by atoms with Crippen LogP contribution in [0.15, 0.2) is 30.3 Å². The summed E-state index contributed by atoms with van der Waals surface area (Å²) in [6.45, 7) is 0.350. The van der Waals surface area contributed by atoms with Crippen LogP contribution in [0.25, 0.3) is 21.8 Å². The molecule has 0 saturated carbocycles. The minimum absolute atomic E-state index is 0.190. The summed E-state index contributed by atoms with van der Waals surface area (Å²) in [6.07, 6.45) is 0. The molecule has 0 amide bonds. The molecule has 3 rings (SSSR count). The minimum atomic E-state index is -0.512. The fourth-order valence-electron chi connectivity index (χ4n) is 2.50. The standard InChI is InChI=1S/C15H13ClN2O3/c1-20-8-18-12-6-4-3-5-9(12)10-7-11(15(19)21-2)17-14(16)13(10)18/h3-7H,8H2,1-2H3. The maximum atomic E-state index is 11.7. The van der Waals surface area contributed by atoms with Gasteiger partial charge in [-0.25, -0.2) is 9.78 Å². The maximum absolute atomic E-state index is 11.7. The number of methoxy groups -OCH3 is 2. The van der Waals surface area contributed by atoms with E-state index in [-0.39, 0.29) is 10.8 Å². The van der Waals surface area contributed by atoms with Crippen molar-refractivity contribution in [3.05, 3.63) is 41.2 Å². The fraction of sp³-hybridized carbons (Fsp3) is 0.200. The van der Waals surface area contributed by atoms with Crippen LogP contribution in [0.4, 0.5) is 0 Å². The van der Waals surface area contributed by atoms with Crippen molar-refractivity contribution in [3.63, 3.8) is 0 Å². The molecule has 0 aliphatic rings. The molecule has 0 N–H and O–H groups in total. The molecule has 2 heterocycles. The molecule has 0 fully saturated rings. The van der Waals surface area contributed by atoms with Gasteiger partial charge in [-0.05, 0) is 12.1 Å². The Morgan fingerprint density at radius 2 is 2.05 bits per heavy atom. The molecule has 3 aromatic rings. The van der Waals surface area contributed by atoms with Crippen LogP contribution in [0.2, 0.25) is 5.15 Å². The number of aromatic nitrogens is 2. The number of esters is 1. The third-order valence-electron chi connectivity index (χ3n) is 3.36. The summed E-state index contributed by atoms with van der Waals surface area (Å²) in [4.78, 5) is 15.8. The molecule has 0 atom stereocenters. The fourth-order valence-corrected chi connectivity index (χ4v) is 2.79. The van der Waals surface area contributed by atoms with Gasteiger partial charge >= 0.3 is 5.97 Å². The number of halogens is 1. The summed E-state index contributed by atoms with van der Waals surface area (Å²) in [5, 5.41) is 2.09. The summed E-state index contributed by atoms with van der Waals surface area (Å²) in [7, 11) is 2.93. The van der Waals surface area contributed by atoms with E-state index in [1.54, 1.807) is 13.2 Å². The van der Waals surface area contributed by atoms with Crippen molar-refractivity contribution in [2.75, 3.05) is 14.2 Å². The van der Waals surface area contributed by atoms with E-state index in [4.69, 9.17) is 21.1 Å². The Bertz CT molecular complexity index is 842. The zero-order chi connectivity index (χ0) is 15.0. The number of carbonyl (C=O) groups is 1. The zero-order valence-electron chi connectivity index (χ0n) is 11.6. The molecule has 0 spiro atoms. The summed E-state index contributed by atoms with van der Waals surface area (Å²) in [6, 6.07) is 9.52. The minimum Gasteiger partial charge on any atom is -0.464 e. The van der Waals surface area contributed by atoms with E-state index >= 15 is 0 Å². The van der Waals surface area contributed by atoms with Crippen LogP contribution in [0.5, 0.6) is 0 Å². The lowest BCUT2D eigenvalue weighted by Gasteiger charge is -2.07. The topological polar surface area (TPSA) is 53.4 Å². The Morgan fingerprint density at radius 3 is 2.76 bits per heavy atom. The molecular weight excluding hydrogens is 292 g/mol. The van der Waals surface area contributed by atoms with Crippen LogP contribution < -0.4 is 0 Å². The number of rotatable bonds is 3. The molecule has 21 heavy (non-hydrogen) atoms. The van der Waals surface area contributed by atoms with E-state index in [0.717, 1.165) is 21.8 Å². The van der Waals surface area contributed by atoms with Gasteiger partial charge in [0, 0.05) is 17.9 Å². The van der Waals surface area contributed by atoms with E-state index < -0.39 is 5.97 Å². The van der Waals surface area contributed by atoms with Gasteiger partial charge in [0.15, 0.2) is 10.8 Å². The van der Waals surface area contributed by atoms with Gasteiger partial charge in [0.25, 0.3) is 0 Å². The third kappa shape index (κ3) is 2.14. The maximum Gasteiger partial charge on any atom is 0.356 e. The number of nitrogens with zero attached hydrogens (tertiary/aromatic N) is 2. The second-order valence-corrected chi connectivity index (χ2v) is 4.91. The molecule has 0 unspecified atom stereocenters. The highest BCUT2D eigenvalue weighted by molar-refractivity contribution is 6.35. The Kier molecular flexibility index (Phi) is 3.53. The summed E-state index contributed by atoms with van der Waals surface area (Å²) >= 11 is 6.28. The van der Waals surface area contributed by atoms with Gasteiger partial charge in [0.05, 0.1) is 18.1 Å². The highest BCUT2D eigenvalue weighted by Gasteiger charge is 2.18. The molecule has 108 valence electrons. The van der Waals surface area contributed by atoms with Crippen LogP contribution in [0.3, 0.4) is 0 Å². The third-order valence-corrected chi connectivity index (χ3v) is 3.62. The molecule has 0 saturated heterocycles. The predicted octanol–water partition coefficient (Wildman–Crippen LogP) is 3.23. The lowest BCUT2D eigenvalue weighted by Crippen LogP contribution is -2.05. The Hall–Kier alpha value is -2.11.